The van der Waals surface area contributed by atoms with Gasteiger partial charge in [0.2, 0.25) is 5.71 Å². The normalized spacial score (nSPS) is 11.8. The van der Waals surface area contributed by atoms with E-state index < -0.39 is 5.97 Å². The van der Waals surface area contributed by atoms with Crippen LogP contribution in [-0.2, 0) is 19.0 Å². The predicted molar refractivity (Wildman–Crippen MR) is 68.1 cm³/mol. The molecule has 7 nitrogen and oxygen atoms in total. The quantitative estimate of drug-likeness (QED) is 0.250. The lowest BCUT2D eigenvalue weighted by Gasteiger charge is -2.10. The number of hydrazone groups is 1. The Hall–Kier alpha value is -2.05. The van der Waals surface area contributed by atoms with E-state index in [1.54, 1.807) is 6.92 Å². The zero-order chi connectivity index (χ0) is 14.1. The average molecular weight is 257 g/mol. The summed E-state index contributed by atoms with van der Waals surface area (Å²) in [6.45, 7) is 3.72. The number of nitrogens with zero attached hydrogens (tertiary/aromatic N) is 2. The fourth-order valence-corrected chi connectivity index (χ4v) is 1.05. The highest BCUT2D eigenvalue weighted by atomic mass is 16.7. The molecule has 0 aromatic carbocycles. The van der Waals surface area contributed by atoms with Crippen LogP contribution in [0.4, 0.5) is 0 Å². The molecule has 0 bridgehead atoms. The molecule has 0 spiro atoms. The smallest absolute Gasteiger partial charge is 0.361 e. The number of rotatable bonds is 6. The van der Waals surface area contributed by atoms with Gasteiger partial charge in [0, 0.05) is 5.71 Å². The second-order valence-electron chi connectivity index (χ2n) is 3.21. The van der Waals surface area contributed by atoms with E-state index in [2.05, 4.69) is 14.8 Å². The van der Waals surface area contributed by atoms with Crippen LogP contribution in [0, 0.1) is 0 Å². The van der Waals surface area contributed by atoms with E-state index in [-0.39, 0.29) is 17.4 Å². The lowest BCUT2D eigenvalue weighted by molar-refractivity contribution is -0.132. The number of nitrogens with two attached hydrogens (primary N) is 1. The number of esters is 1. The van der Waals surface area contributed by atoms with E-state index in [4.69, 9.17) is 15.3 Å². The monoisotopic (exact) mass is 257 g/mol. The Morgan fingerprint density at radius 1 is 1.17 bits per heavy atom. The third-order valence-corrected chi connectivity index (χ3v) is 2.11. The summed E-state index contributed by atoms with van der Waals surface area (Å²) < 4.78 is 14.6. The second kappa shape index (κ2) is 8.10. The first kappa shape index (κ1) is 16.0. The Kier molecular flexibility index (Phi) is 7.18. The van der Waals surface area contributed by atoms with Gasteiger partial charge in [-0.2, -0.15) is 5.10 Å². The predicted octanol–water partition coefficient (Wildman–Crippen LogP) is 0.807. The molecule has 0 aliphatic heterocycles. The van der Waals surface area contributed by atoms with Crippen molar-refractivity contribution >= 4 is 17.4 Å². The molecular formula is C11H19N3O4. The molecule has 0 aromatic heterocycles. The fraction of sp³-hybridized carbons (Fsp3) is 0.545. The summed E-state index contributed by atoms with van der Waals surface area (Å²) in [5.41, 5.74) is 0.708. The Morgan fingerprint density at radius 2 is 1.72 bits per heavy atom. The summed E-state index contributed by atoms with van der Waals surface area (Å²) in [6, 6.07) is 0. The fourth-order valence-electron chi connectivity index (χ4n) is 1.05. The van der Waals surface area contributed by atoms with Crippen LogP contribution in [0.25, 0.3) is 0 Å². The second-order valence-corrected chi connectivity index (χ2v) is 3.21. The van der Waals surface area contributed by atoms with Crippen LogP contribution >= 0.6 is 0 Å². The highest BCUT2D eigenvalue weighted by Crippen LogP contribution is 2.12. The number of ether oxygens (including phenoxy) is 3. The summed E-state index contributed by atoms with van der Waals surface area (Å²) in [5.74, 6) is 4.51. The highest BCUT2D eigenvalue weighted by Gasteiger charge is 2.23. The molecule has 18 heavy (non-hydrogen) atoms. The molecule has 0 unspecified atom stereocenters. The van der Waals surface area contributed by atoms with Gasteiger partial charge in [-0.05, 0) is 13.3 Å². The van der Waals surface area contributed by atoms with E-state index >= 15 is 0 Å². The lowest BCUT2D eigenvalue weighted by Crippen LogP contribution is -2.22. The molecule has 0 fully saturated rings. The molecule has 0 aromatic rings. The van der Waals surface area contributed by atoms with Crippen molar-refractivity contribution in [2.45, 2.75) is 20.3 Å². The Balaban J connectivity index is 5.76. The molecule has 0 atom stereocenters. The maximum Gasteiger partial charge on any atom is 0.361 e. The van der Waals surface area contributed by atoms with Gasteiger partial charge in [-0.25, -0.2) is 9.79 Å². The van der Waals surface area contributed by atoms with Gasteiger partial charge in [0.05, 0.1) is 21.3 Å². The zero-order valence-corrected chi connectivity index (χ0v) is 11.3. The van der Waals surface area contributed by atoms with E-state index in [1.807, 2.05) is 6.92 Å². The first-order valence-electron chi connectivity index (χ1n) is 5.28. The summed E-state index contributed by atoms with van der Waals surface area (Å²) in [4.78, 5) is 15.8. The van der Waals surface area contributed by atoms with Gasteiger partial charge >= 0.3 is 11.9 Å². The molecule has 0 rings (SSSR count). The van der Waals surface area contributed by atoms with Gasteiger partial charge in [0.15, 0.2) is 5.70 Å². The molecule has 0 saturated carbocycles. The standard InChI is InChI=1S/C11H19N3O4/c1-6-7(2)13-9(11(17-4)18-5)8(14-12)10(15)16-3/h6,12H2,1-5H3/b13-7?,14-8-. The third-order valence-electron chi connectivity index (χ3n) is 2.11. The molecule has 7 heteroatoms. The topological polar surface area (TPSA) is 95.5 Å². The summed E-state index contributed by atoms with van der Waals surface area (Å²) >= 11 is 0. The molecule has 0 radical (unpaired) electrons. The first-order valence-corrected chi connectivity index (χ1v) is 5.28. The van der Waals surface area contributed by atoms with E-state index in [9.17, 15) is 4.79 Å². The van der Waals surface area contributed by atoms with Gasteiger partial charge in [-0.15, -0.1) is 0 Å². The van der Waals surface area contributed by atoms with Crippen LogP contribution in [0.2, 0.25) is 0 Å². The molecule has 0 heterocycles. The molecule has 0 aliphatic carbocycles. The number of aliphatic imine (C=N–C) groups is 1. The average Bonchev–Trinajstić information content (AvgIpc) is 2.40. The summed E-state index contributed by atoms with van der Waals surface area (Å²) in [7, 11) is 4.00. The minimum absolute atomic E-state index is 0.0393. The van der Waals surface area contributed by atoms with Crippen molar-refractivity contribution in [1.29, 1.82) is 0 Å². The highest BCUT2D eigenvalue weighted by molar-refractivity contribution is 6.43. The maximum atomic E-state index is 11.5. The minimum Gasteiger partial charge on any atom is -0.467 e. The van der Waals surface area contributed by atoms with Gasteiger partial charge < -0.3 is 20.1 Å². The van der Waals surface area contributed by atoms with Crippen LogP contribution in [-0.4, -0.2) is 38.7 Å². The first-order chi connectivity index (χ1) is 8.55. The maximum absolute atomic E-state index is 11.5. The van der Waals surface area contributed by atoms with Crippen molar-refractivity contribution in [1.82, 2.24) is 0 Å². The van der Waals surface area contributed by atoms with Crippen LogP contribution in [0.5, 0.6) is 0 Å². The summed E-state index contributed by atoms with van der Waals surface area (Å²) in [6.07, 6.45) is 0.698. The number of carbonyl (C=O) groups excluding carboxylic acids is 1. The van der Waals surface area contributed by atoms with E-state index in [1.165, 1.54) is 21.3 Å². The molecular weight excluding hydrogens is 238 g/mol. The zero-order valence-electron chi connectivity index (χ0n) is 11.3. The lowest BCUT2D eigenvalue weighted by atomic mass is 10.2. The van der Waals surface area contributed by atoms with Crippen molar-refractivity contribution in [3.63, 3.8) is 0 Å². The SMILES string of the molecule is CCC(C)=NC(=C(OC)OC)/C(=N/N)C(=O)OC. The largest absolute Gasteiger partial charge is 0.467 e. The Bertz CT molecular complexity index is 380. The third kappa shape index (κ3) is 4.08. The van der Waals surface area contributed by atoms with Crippen molar-refractivity contribution in [2.24, 2.45) is 15.9 Å². The van der Waals surface area contributed by atoms with Gasteiger partial charge in [0.25, 0.3) is 0 Å². The van der Waals surface area contributed by atoms with Crippen LogP contribution in [0.1, 0.15) is 20.3 Å². The summed E-state index contributed by atoms with van der Waals surface area (Å²) in [5, 5.41) is 3.38. The van der Waals surface area contributed by atoms with Gasteiger partial charge in [0.1, 0.15) is 0 Å². The van der Waals surface area contributed by atoms with Crippen LogP contribution in [0.15, 0.2) is 21.7 Å². The Morgan fingerprint density at radius 3 is 2.06 bits per heavy atom. The number of hydrogen-bond acceptors (Lipinski definition) is 7. The minimum atomic E-state index is -0.716. The number of methoxy groups -OCH3 is 3. The van der Waals surface area contributed by atoms with E-state index in [0.29, 0.717) is 6.42 Å². The molecule has 0 saturated heterocycles. The molecule has 0 amide bonds. The van der Waals surface area contributed by atoms with Crippen molar-refractivity contribution in [3.05, 3.63) is 11.6 Å². The van der Waals surface area contributed by atoms with Crippen LogP contribution in [0.3, 0.4) is 0 Å². The van der Waals surface area contributed by atoms with Crippen molar-refractivity contribution in [3.8, 4) is 0 Å². The molecule has 2 N–H and O–H groups in total. The number of hydrogen-bond donors (Lipinski definition) is 1. The van der Waals surface area contributed by atoms with Gasteiger partial charge in [-0.1, -0.05) is 6.92 Å². The van der Waals surface area contributed by atoms with E-state index in [0.717, 1.165) is 5.71 Å². The van der Waals surface area contributed by atoms with Crippen molar-refractivity contribution in [2.75, 3.05) is 21.3 Å². The molecule has 0 aliphatic rings. The van der Waals surface area contributed by atoms with Crippen LogP contribution < -0.4 is 5.84 Å². The molecule has 102 valence electrons. The Labute approximate surface area is 106 Å². The van der Waals surface area contributed by atoms with Crippen molar-refractivity contribution < 1.29 is 19.0 Å². The number of carbonyl (C=O) groups is 1. The van der Waals surface area contributed by atoms with Gasteiger partial charge in [-0.3, -0.25) is 0 Å².